The molecule has 0 aliphatic heterocycles. The molecule has 0 radical (unpaired) electrons. The Morgan fingerprint density at radius 2 is 1.60 bits per heavy atom. The lowest BCUT2D eigenvalue weighted by molar-refractivity contribution is 0.102. The summed E-state index contributed by atoms with van der Waals surface area (Å²) in [6.07, 6.45) is 1.43. The van der Waals surface area contributed by atoms with Gasteiger partial charge in [0.2, 0.25) is 0 Å². The molecule has 0 unspecified atom stereocenters. The van der Waals surface area contributed by atoms with Gasteiger partial charge in [0.05, 0.1) is 11.1 Å². The lowest BCUT2D eigenvalue weighted by Gasteiger charge is -2.14. The standard InChI is InChI=1S/C33H25BrF2N2O5/c1-2-41-30-16-17-38(24-11-8-22(35)9-12-24)33(40)31(30)32(39)37-23-10-14-29(27(36)18-23)43-25-13-15-28(26(34)19-25)42-20-21-6-4-3-5-7-21/h3-19H,2,20H2,1H3,(H,37,39). The zero-order valence-corrected chi connectivity index (χ0v) is 24.4. The molecule has 0 saturated carbocycles. The number of pyridine rings is 1. The summed E-state index contributed by atoms with van der Waals surface area (Å²) in [4.78, 5) is 26.5. The first kappa shape index (κ1) is 29.5. The van der Waals surface area contributed by atoms with Crippen molar-refractivity contribution in [2.75, 3.05) is 11.9 Å². The third kappa shape index (κ3) is 7.10. The maximum absolute atomic E-state index is 15.0. The summed E-state index contributed by atoms with van der Waals surface area (Å²) >= 11 is 3.46. The number of carbonyl (C=O) groups is 1. The van der Waals surface area contributed by atoms with E-state index < -0.39 is 23.1 Å². The van der Waals surface area contributed by atoms with Crippen LogP contribution in [0.2, 0.25) is 0 Å². The number of halogens is 3. The minimum Gasteiger partial charge on any atom is -0.493 e. The van der Waals surface area contributed by atoms with Crippen molar-refractivity contribution >= 4 is 27.5 Å². The van der Waals surface area contributed by atoms with E-state index in [0.717, 1.165) is 11.6 Å². The molecule has 0 aliphatic rings. The third-order valence-electron chi connectivity index (χ3n) is 6.24. The zero-order chi connectivity index (χ0) is 30.3. The van der Waals surface area contributed by atoms with E-state index in [4.69, 9.17) is 14.2 Å². The molecular weight excluding hydrogens is 622 g/mol. The van der Waals surface area contributed by atoms with Crippen molar-refractivity contribution in [2.45, 2.75) is 13.5 Å². The number of hydrogen-bond donors (Lipinski definition) is 1. The van der Waals surface area contributed by atoms with Crippen molar-refractivity contribution in [1.82, 2.24) is 4.57 Å². The van der Waals surface area contributed by atoms with Crippen molar-refractivity contribution in [3.8, 4) is 28.7 Å². The van der Waals surface area contributed by atoms with Crippen LogP contribution in [0.25, 0.3) is 5.69 Å². The van der Waals surface area contributed by atoms with Crippen molar-refractivity contribution in [1.29, 1.82) is 0 Å². The lowest BCUT2D eigenvalue weighted by atomic mass is 10.2. The number of aromatic nitrogens is 1. The maximum atomic E-state index is 15.0. The van der Waals surface area contributed by atoms with Crippen LogP contribution in [0.3, 0.4) is 0 Å². The van der Waals surface area contributed by atoms with Gasteiger partial charge in [-0.1, -0.05) is 30.3 Å². The number of carbonyl (C=O) groups excluding carboxylic acids is 1. The summed E-state index contributed by atoms with van der Waals surface area (Å²) in [6.45, 7) is 2.30. The first-order valence-corrected chi connectivity index (χ1v) is 14.0. The molecule has 1 heterocycles. The minimum atomic E-state index is -0.798. The monoisotopic (exact) mass is 646 g/mol. The molecule has 1 N–H and O–H groups in total. The van der Waals surface area contributed by atoms with Crippen LogP contribution in [-0.2, 0) is 6.61 Å². The van der Waals surface area contributed by atoms with E-state index in [9.17, 15) is 14.0 Å². The van der Waals surface area contributed by atoms with E-state index in [1.54, 1.807) is 25.1 Å². The molecular formula is C33H25BrF2N2O5. The molecule has 218 valence electrons. The van der Waals surface area contributed by atoms with Crippen LogP contribution in [0, 0.1) is 11.6 Å². The van der Waals surface area contributed by atoms with Crippen LogP contribution in [0.1, 0.15) is 22.8 Å². The maximum Gasteiger partial charge on any atom is 0.271 e. The normalized spacial score (nSPS) is 10.7. The second-order valence-electron chi connectivity index (χ2n) is 9.21. The van der Waals surface area contributed by atoms with Crippen LogP contribution in [0.4, 0.5) is 14.5 Å². The smallest absolute Gasteiger partial charge is 0.271 e. The lowest BCUT2D eigenvalue weighted by Crippen LogP contribution is -2.29. The molecule has 10 heteroatoms. The Labute approximate surface area is 254 Å². The summed E-state index contributed by atoms with van der Waals surface area (Å²) in [6, 6.07) is 25.3. The zero-order valence-electron chi connectivity index (χ0n) is 22.9. The quantitative estimate of drug-likeness (QED) is 0.167. The average molecular weight is 647 g/mol. The fourth-order valence-electron chi connectivity index (χ4n) is 4.19. The third-order valence-corrected chi connectivity index (χ3v) is 6.86. The number of rotatable bonds is 10. The largest absolute Gasteiger partial charge is 0.493 e. The Kier molecular flexibility index (Phi) is 9.17. The molecule has 0 aliphatic carbocycles. The summed E-state index contributed by atoms with van der Waals surface area (Å²) in [5, 5.41) is 2.55. The average Bonchev–Trinajstić information content (AvgIpc) is 2.99. The summed E-state index contributed by atoms with van der Waals surface area (Å²) < 4.78 is 47.3. The number of nitrogens with zero attached hydrogens (tertiary/aromatic N) is 1. The van der Waals surface area contributed by atoms with Crippen LogP contribution in [0.15, 0.2) is 113 Å². The first-order valence-electron chi connectivity index (χ1n) is 13.2. The molecule has 1 amide bonds. The Bertz CT molecular complexity index is 1810. The van der Waals surface area contributed by atoms with Gasteiger partial charge in [-0.3, -0.25) is 14.2 Å². The first-order chi connectivity index (χ1) is 20.8. The number of nitrogens with one attached hydrogen (secondary N) is 1. The van der Waals surface area contributed by atoms with E-state index in [-0.39, 0.29) is 29.4 Å². The second kappa shape index (κ2) is 13.3. The van der Waals surface area contributed by atoms with Crippen LogP contribution < -0.4 is 25.1 Å². The van der Waals surface area contributed by atoms with E-state index in [2.05, 4.69) is 21.2 Å². The fraction of sp³-hybridized carbons (Fsp3) is 0.0909. The molecule has 0 bridgehead atoms. The van der Waals surface area contributed by atoms with Crippen molar-refractivity contribution in [2.24, 2.45) is 0 Å². The Morgan fingerprint density at radius 3 is 2.30 bits per heavy atom. The predicted octanol–water partition coefficient (Wildman–Crippen LogP) is 7.90. The Morgan fingerprint density at radius 1 is 0.860 bits per heavy atom. The molecule has 0 saturated heterocycles. The highest BCUT2D eigenvalue weighted by Gasteiger charge is 2.21. The fourth-order valence-corrected chi connectivity index (χ4v) is 4.66. The van der Waals surface area contributed by atoms with E-state index >= 15 is 4.39 Å². The molecule has 43 heavy (non-hydrogen) atoms. The SMILES string of the molecule is CCOc1ccn(-c2ccc(F)cc2)c(=O)c1C(=O)Nc1ccc(Oc2ccc(OCc3ccccc3)c(Br)c2)c(F)c1. The second-order valence-corrected chi connectivity index (χ2v) is 10.1. The van der Waals surface area contributed by atoms with Crippen LogP contribution in [-0.4, -0.2) is 17.1 Å². The number of amides is 1. The van der Waals surface area contributed by atoms with Crippen LogP contribution >= 0.6 is 15.9 Å². The van der Waals surface area contributed by atoms with E-state index in [0.29, 0.717) is 28.3 Å². The molecule has 0 atom stereocenters. The van der Waals surface area contributed by atoms with Crippen molar-refractivity contribution < 1.29 is 27.8 Å². The molecule has 5 aromatic rings. The van der Waals surface area contributed by atoms with Gasteiger partial charge in [-0.15, -0.1) is 0 Å². The topological polar surface area (TPSA) is 78.8 Å². The molecule has 4 aromatic carbocycles. The molecule has 7 nitrogen and oxygen atoms in total. The van der Waals surface area contributed by atoms with Gasteiger partial charge < -0.3 is 19.5 Å². The molecule has 5 rings (SSSR count). The summed E-state index contributed by atoms with van der Waals surface area (Å²) in [5.74, 6) is -1.05. The molecule has 0 spiro atoms. The number of ether oxygens (including phenoxy) is 3. The van der Waals surface area contributed by atoms with E-state index in [1.165, 1.54) is 53.2 Å². The van der Waals surface area contributed by atoms with Crippen molar-refractivity contribution in [3.63, 3.8) is 0 Å². The Hall–Kier alpha value is -4.96. The number of benzene rings is 4. The van der Waals surface area contributed by atoms with Gasteiger partial charge in [0.1, 0.15) is 35.2 Å². The van der Waals surface area contributed by atoms with Gasteiger partial charge >= 0.3 is 0 Å². The predicted molar refractivity (Wildman–Crippen MR) is 163 cm³/mol. The van der Waals surface area contributed by atoms with Gasteiger partial charge in [-0.2, -0.15) is 0 Å². The van der Waals surface area contributed by atoms with Gasteiger partial charge in [0.25, 0.3) is 11.5 Å². The number of anilines is 1. The van der Waals surface area contributed by atoms with Gasteiger partial charge in [0.15, 0.2) is 11.6 Å². The number of hydrogen-bond acceptors (Lipinski definition) is 5. The van der Waals surface area contributed by atoms with Gasteiger partial charge in [0, 0.05) is 23.6 Å². The highest BCUT2D eigenvalue weighted by atomic mass is 79.9. The minimum absolute atomic E-state index is 0.0607. The summed E-state index contributed by atoms with van der Waals surface area (Å²) in [7, 11) is 0. The Balaban J connectivity index is 1.31. The van der Waals surface area contributed by atoms with Gasteiger partial charge in [-0.05, 0) is 89.1 Å². The summed E-state index contributed by atoms with van der Waals surface area (Å²) in [5.41, 5.74) is 0.508. The van der Waals surface area contributed by atoms with E-state index in [1.807, 2.05) is 30.3 Å². The molecule has 1 aromatic heterocycles. The highest BCUT2D eigenvalue weighted by molar-refractivity contribution is 9.10. The van der Waals surface area contributed by atoms with Crippen LogP contribution in [0.5, 0.6) is 23.0 Å². The highest BCUT2D eigenvalue weighted by Crippen LogP contribution is 2.33. The molecule has 0 fully saturated rings. The van der Waals surface area contributed by atoms with Crippen molar-refractivity contribution in [3.05, 3.63) is 141 Å². The van der Waals surface area contributed by atoms with Gasteiger partial charge in [-0.25, -0.2) is 8.78 Å².